The Morgan fingerprint density at radius 2 is 1.92 bits per heavy atom. The molecule has 2 N–H and O–H groups in total. The average molecular weight is 329 g/mol. The molecule has 0 aromatic heterocycles. The van der Waals surface area contributed by atoms with Gasteiger partial charge in [-0.05, 0) is 24.3 Å². The van der Waals surface area contributed by atoms with Gasteiger partial charge < -0.3 is 15.4 Å². The Morgan fingerprint density at radius 3 is 2.58 bits per heavy atom. The summed E-state index contributed by atoms with van der Waals surface area (Å²) < 4.78 is 5.21. The molecule has 0 spiro atoms. The van der Waals surface area contributed by atoms with Crippen molar-refractivity contribution in [2.24, 2.45) is 5.92 Å². The van der Waals surface area contributed by atoms with E-state index < -0.39 is 12.1 Å². The van der Waals surface area contributed by atoms with E-state index in [4.69, 9.17) is 10.00 Å². The molecule has 0 aliphatic heterocycles. The van der Waals surface area contributed by atoms with Gasteiger partial charge in [0.25, 0.3) is 0 Å². The summed E-state index contributed by atoms with van der Waals surface area (Å²) in [5, 5.41) is 13.8. The molecule has 2 amide bonds. The number of nitriles is 1. The maximum Gasteiger partial charge on any atom is 0.408 e. The minimum absolute atomic E-state index is 0.0667. The van der Waals surface area contributed by atoms with Crippen molar-refractivity contribution in [1.29, 1.82) is 5.26 Å². The number of benzene rings is 1. The normalized spacial score (nSPS) is 15.8. The summed E-state index contributed by atoms with van der Waals surface area (Å²) in [6.07, 6.45) is 4.43. The molecule has 1 aromatic rings. The summed E-state index contributed by atoms with van der Waals surface area (Å²) in [7, 11) is 0. The first-order valence-electron chi connectivity index (χ1n) is 8.32. The molecule has 1 atom stereocenters. The Balaban J connectivity index is 1.91. The largest absolute Gasteiger partial charge is 0.445 e. The number of hydrogen-bond acceptors (Lipinski definition) is 4. The molecule has 0 heterocycles. The Morgan fingerprint density at radius 1 is 1.21 bits per heavy atom. The van der Waals surface area contributed by atoms with Crippen molar-refractivity contribution in [3.8, 4) is 6.07 Å². The van der Waals surface area contributed by atoms with Crippen LogP contribution in [0.4, 0.5) is 4.79 Å². The lowest BCUT2D eigenvalue weighted by Gasteiger charge is -2.29. The smallest absolute Gasteiger partial charge is 0.408 e. The van der Waals surface area contributed by atoms with E-state index in [1.807, 2.05) is 36.4 Å². The van der Waals surface area contributed by atoms with Crippen LogP contribution in [0.3, 0.4) is 0 Å². The predicted octanol–water partition coefficient (Wildman–Crippen LogP) is 2.50. The lowest BCUT2D eigenvalue weighted by Crippen LogP contribution is -2.51. The van der Waals surface area contributed by atoms with Crippen LogP contribution in [-0.2, 0) is 16.1 Å². The summed E-state index contributed by atoms with van der Waals surface area (Å²) in [6.45, 7) is 0.0900. The van der Waals surface area contributed by atoms with Crippen LogP contribution in [0.2, 0.25) is 0 Å². The van der Waals surface area contributed by atoms with Gasteiger partial charge in [-0.25, -0.2) is 4.79 Å². The summed E-state index contributed by atoms with van der Waals surface area (Å²) in [5.74, 6) is -0.234. The van der Waals surface area contributed by atoms with Gasteiger partial charge in [0.05, 0.1) is 6.07 Å². The van der Waals surface area contributed by atoms with Gasteiger partial charge in [0.1, 0.15) is 19.2 Å². The van der Waals surface area contributed by atoms with Crippen LogP contribution in [0.1, 0.15) is 37.7 Å². The minimum atomic E-state index is -0.651. The van der Waals surface area contributed by atoms with Crippen LogP contribution in [0, 0.1) is 17.2 Å². The second-order valence-corrected chi connectivity index (χ2v) is 5.96. The zero-order valence-electron chi connectivity index (χ0n) is 13.7. The zero-order valence-corrected chi connectivity index (χ0v) is 13.7. The third-order valence-corrected chi connectivity index (χ3v) is 4.23. The Hall–Kier alpha value is -2.55. The minimum Gasteiger partial charge on any atom is -0.445 e. The highest BCUT2D eigenvalue weighted by molar-refractivity contribution is 5.86. The molecule has 2 rings (SSSR count). The summed E-state index contributed by atoms with van der Waals surface area (Å²) in [5.41, 5.74) is 0.885. The standard InChI is InChI=1S/C18H23N3O3/c19-11-12-20-17(22)16(15-9-5-2-6-10-15)21-18(23)24-13-14-7-3-1-4-8-14/h1,3-4,7-8,15-16H,2,5-6,9-10,12-13H2,(H,20,22)(H,21,23)/t16-/m1/s1. The molecular weight excluding hydrogens is 306 g/mol. The summed E-state index contributed by atoms with van der Waals surface area (Å²) >= 11 is 0. The number of alkyl carbamates (subject to hydrolysis) is 1. The van der Waals surface area contributed by atoms with E-state index in [2.05, 4.69) is 10.6 Å². The van der Waals surface area contributed by atoms with Gasteiger partial charge >= 0.3 is 6.09 Å². The zero-order chi connectivity index (χ0) is 17.2. The van der Waals surface area contributed by atoms with Crippen molar-refractivity contribution < 1.29 is 14.3 Å². The van der Waals surface area contributed by atoms with E-state index in [-0.39, 0.29) is 25.0 Å². The van der Waals surface area contributed by atoms with Gasteiger partial charge in [-0.15, -0.1) is 0 Å². The van der Waals surface area contributed by atoms with Crippen LogP contribution in [0.5, 0.6) is 0 Å². The first kappa shape index (κ1) is 17.8. The molecule has 1 fully saturated rings. The first-order chi connectivity index (χ1) is 11.7. The van der Waals surface area contributed by atoms with Crippen molar-refractivity contribution >= 4 is 12.0 Å². The SMILES string of the molecule is N#CCNC(=O)[C@H](NC(=O)OCc1ccccc1)C1CCCCC1. The van der Waals surface area contributed by atoms with E-state index in [9.17, 15) is 9.59 Å². The Labute approximate surface area is 142 Å². The summed E-state index contributed by atoms with van der Waals surface area (Å²) in [6, 6.07) is 10.6. The number of rotatable bonds is 6. The molecule has 1 aromatic carbocycles. The predicted molar refractivity (Wildman–Crippen MR) is 88.7 cm³/mol. The fourth-order valence-electron chi connectivity index (χ4n) is 2.99. The fourth-order valence-corrected chi connectivity index (χ4v) is 2.99. The molecule has 24 heavy (non-hydrogen) atoms. The van der Waals surface area contributed by atoms with Crippen molar-refractivity contribution in [1.82, 2.24) is 10.6 Å². The number of nitrogens with one attached hydrogen (secondary N) is 2. The molecule has 0 saturated heterocycles. The number of amides is 2. The number of hydrogen-bond donors (Lipinski definition) is 2. The van der Waals surface area contributed by atoms with Gasteiger partial charge in [-0.2, -0.15) is 5.26 Å². The quantitative estimate of drug-likeness (QED) is 0.785. The maximum atomic E-state index is 12.3. The lowest BCUT2D eigenvalue weighted by molar-refractivity contribution is -0.124. The molecule has 6 heteroatoms. The number of nitrogens with zero attached hydrogens (tertiary/aromatic N) is 1. The third kappa shape index (κ3) is 5.58. The van der Waals surface area contributed by atoms with Gasteiger partial charge in [-0.3, -0.25) is 4.79 Å². The second-order valence-electron chi connectivity index (χ2n) is 5.96. The van der Waals surface area contributed by atoms with Crippen molar-refractivity contribution in [2.75, 3.05) is 6.54 Å². The third-order valence-electron chi connectivity index (χ3n) is 4.23. The van der Waals surface area contributed by atoms with Gasteiger partial charge in [0.2, 0.25) is 5.91 Å². The lowest BCUT2D eigenvalue weighted by atomic mass is 9.83. The molecule has 1 saturated carbocycles. The molecule has 0 bridgehead atoms. The van der Waals surface area contributed by atoms with E-state index in [0.717, 1.165) is 37.7 Å². The number of carbonyl (C=O) groups excluding carboxylic acids is 2. The second kappa shape index (κ2) is 9.56. The molecule has 1 aliphatic rings. The Bertz CT molecular complexity index is 577. The van der Waals surface area contributed by atoms with Crippen molar-refractivity contribution in [3.63, 3.8) is 0 Å². The maximum absolute atomic E-state index is 12.3. The van der Waals surface area contributed by atoms with Gasteiger partial charge in [-0.1, -0.05) is 49.6 Å². The molecule has 0 unspecified atom stereocenters. The van der Waals surface area contributed by atoms with Crippen molar-refractivity contribution in [2.45, 2.75) is 44.8 Å². The van der Waals surface area contributed by atoms with E-state index in [1.54, 1.807) is 0 Å². The topological polar surface area (TPSA) is 91.2 Å². The van der Waals surface area contributed by atoms with E-state index in [1.165, 1.54) is 0 Å². The first-order valence-corrected chi connectivity index (χ1v) is 8.32. The van der Waals surface area contributed by atoms with Crippen LogP contribution in [-0.4, -0.2) is 24.6 Å². The van der Waals surface area contributed by atoms with Crippen molar-refractivity contribution in [3.05, 3.63) is 35.9 Å². The highest BCUT2D eigenvalue weighted by Crippen LogP contribution is 2.26. The van der Waals surface area contributed by atoms with Crippen LogP contribution >= 0.6 is 0 Å². The highest BCUT2D eigenvalue weighted by atomic mass is 16.5. The number of carbonyl (C=O) groups is 2. The molecule has 1 aliphatic carbocycles. The van der Waals surface area contributed by atoms with Gasteiger partial charge in [0.15, 0.2) is 0 Å². The fraction of sp³-hybridized carbons (Fsp3) is 0.500. The molecule has 0 radical (unpaired) electrons. The number of ether oxygens (including phenoxy) is 1. The molecular formula is C18H23N3O3. The van der Waals surface area contributed by atoms with Crippen LogP contribution in [0.25, 0.3) is 0 Å². The Kier molecular flexibility index (Phi) is 7.09. The van der Waals surface area contributed by atoms with Crippen LogP contribution < -0.4 is 10.6 Å². The van der Waals surface area contributed by atoms with Crippen LogP contribution in [0.15, 0.2) is 30.3 Å². The highest BCUT2D eigenvalue weighted by Gasteiger charge is 2.31. The molecule has 128 valence electrons. The van der Waals surface area contributed by atoms with Gasteiger partial charge in [0, 0.05) is 0 Å². The monoisotopic (exact) mass is 329 g/mol. The average Bonchev–Trinajstić information content (AvgIpc) is 2.64. The molecule has 6 nitrogen and oxygen atoms in total. The summed E-state index contributed by atoms with van der Waals surface area (Å²) in [4.78, 5) is 24.3. The van der Waals surface area contributed by atoms with E-state index >= 15 is 0 Å². The van der Waals surface area contributed by atoms with E-state index in [0.29, 0.717) is 0 Å².